The highest BCUT2D eigenvalue weighted by molar-refractivity contribution is 6.87. The van der Waals surface area contributed by atoms with Crippen LogP contribution in [0.3, 0.4) is 0 Å². The van der Waals surface area contributed by atoms with Crippen molar-refractivity contribution in [3.63, 3.8) is 0 Å². The van der Waals surface area contributed by atoms with Crippen LogP contribution in [0.5, 0.6) is 0 Å². The Labute approximate surface area is 63.2 Å². The molecule has 0 atom stereocenters. The molecule has 0 bridgehead atoms. The number of halogens is 1. The van der Waals surface area contributed by atoms with Gasteiger partial charge in [-0.1, -0.05) is 37.5 Å². The van der Waals surface area contributed by atoms with Crippen molar-refractivity contribution in [3.05, 3.63) is 24.4 Å². The van der Waals surface area contributed by atoms with E-state index in [0.717, 1.165) is 5.50 Å². The summed E-state index contributed by atoms with van der Waals surface area (Å²) in [5.41, 5.74) is 2.98. The Morgan fingerprint density at radius 3 is 2.44 bits per heavy atom. The minimum Gasteiger partial charge on any atom is -0.130 e. The fourth-order valence-electron chi connectivity index (χ4n) is 0.373. The second kappa shape index (κ2) is 3.91. The number of alkyl halides is 1. The summed E-state index contributed by atoms with van der Waals surface area (Å²) in [6, 6.07) is 0. The van der Waals surface area contributed by atoms with Crippen LogP contribution in [0.2, 0.25) is 13.1 Å². The van der Waals surface area contributed by atoms with Crippen molar-refractivity contribution in [2.45, 2.75) is 13.1 Å². The highest BCUT2D eigenvalue weighted by Crippen LogP contribution is 2.05. The van der Waals surface area contributed by atoms with Gasteiger partial charge in [-0.25, -0.2) is 0 Å². The molecule has 0 nitrogen and oxygen atoms in total. The fraction of sp³-hybridized carbons (Fsp3) is 0.429. The van der Waals surface area contributed by atoms with Crippen LogP contribution in [0, 0.1) is 0 Å². The molecule has 0 rings (SSSR count). The van der Waals surface area contributed by atoms with Crippen molar-refractivity contribution in [3.8, 4) is 0 Å². The van der Waals surface area contributed by atoms with Crippen molar-refractivity contribution < 1.29 is 0 Å². The van der Waals surface area contributed by atoms with Crippen LogP contribution in [0.1, 0.15) is 0 Å². The van der Waals surface area contributed by atoms with E-state index in [1.54, 1.807) is 6.08 Å². The molecule has 0 fully saturated rings. The third-order valence-electron chi connectivity index (χ3n) is 1.03. The summed E-state index contributed by atoms with van der Waals surface area (Å²) in [5, 5.41) is 0. The van der Waals surface area contributed by atoms with Crippen molar-refractivity contribution in [2.75, 3.05) is 5.50 Å². The summed E-state index contributed by atoms with van der Waals surface area (Å²) in [6.07, 6.45) is 3.77. The number of rotatable bonds is 3. The minimum absolute atomic E-state index is 0.789. The number of hydrogen-bond donors (Lipinski definition) is 0. The first kappa shape index (κ1) is 8.99. The Hall–Kier alpha value is -0.0131. The zero-order valence-corrected chi connectivity index (χ0v) is 7.78. The normalized spacial score (nSPS) is 12.3. The van der Waals surface area contributed by atoms with Crippen LogP contribution in [0.25, 0.3) is 0 Å². The second-order valence-electron chi connectivity index (χ2n) is 2.72. The van der Waals surface area contributed by atoms with Crippen molar-refractivity contribution in [1.29, 1.82) is 0 Å². The second-order valence-corrected chi connectivity index (χ2v) is 8.10. The lowest BCUT2D eigenvalue weighted by atomic mass is 10.6. The highest BCUT2D eigenvalue weighted by Gasteiger charge is 2.13. The molecule has 0 spiro atoms. The molecule has 9 heavy (non-hydrogen) atoms. The molecular formula is C7H13ClSi. The molecular weight excluding hydrogens is 148 g/mol. The van der Waals surface area contributed by atoms with Gasteiger partial charge in [-0.2, -0.15) is 0 Å². The van der Waals surface area contributed by atoms with E-state index in [1.807, 2.05) is 6.08 Å². The Kier molecular flexibility index (Phi) is 3.90. The zero-order chi connectivity index (χ0) is 7.33. The van der Waals surface area contributed by atoms with Gasteiger partial charge in [-0.3, -0.25) is 0 Å². The molecule has 2 heteroatoms. The molecule has 0 aliphatic rings. The highest BCUT2D eigenvalue weighted by atomic mass is 35.5. The summed E-state index contributed by atoms with van der Waals surface area (Å²) < 4.78 is 0. The van der Waals surface area contributed by atoms with Crippen molar-refractivity contribution >= 4 is 19.7 Å². The van der Waals surface area contributed by atoms with E-state index in [9.17, 15) is 0 Å². The standard InChI is InChI=1S/C7H13ClSi/c1-4-5-6-9(2,3)7-8/h4-6H,1,7H2,2-3H3/b6-5+. The average molecular weight is 161 g/mol. The molecule has 0 saturated heterocycles. The van der Waals surface area contributed by atoms with E-state index in [1.165, 1.54) is 0 Å². The van der Waals surface area contributed by atoms with E-state index in [-0.39, 0.29) is 0 Å². The lowest BCUT2D eigenvalue weighted by Crippen LogP contribution is -2.25. The van der Waals surface area contributed by atoms with Crippen molar-refractivity contribution in [2.24, 2.45) is 0 Å². The zero-order valence-electron chi connectivity index (χ0n) is 6.02. The van der Waals surface area contributed by atoms with Gasteiger partial charge in [-0.05, 0) is 0 Å². The van der Waals surface area contributed by atoms with Gasteiger partial charge in [0.1, 0.15) is 0 Å². The minimum atomic E-state index is -1.18. The maximum atomic E-state index is 5.71. The van der Waals surface area contributed by atoms with Crippen LogP contribution in [-0.2, 0) is 0 Å². The summed E-state index contributed by atoms with van der Waals surface area (Å²) in [7, 11) is -1.18. The summed E-state index contributed by atoms with van der Waals surface area (Å²) >= 11 is 5.71. The molecule has 0 aliphatic carbocycles. The third kappa shape index (κ3) is 4.49. The lowest BCUT2D eigenvalue weighted by molar-refractivity contribution is 1.72. The molecule has 0 aliphatic heterocycles. The molecule has 0 unspecified atom stereocenters. The first-order valence-electron chi connectivity index (χ1n) is 2.98. The summed E-state index contributed by atoms with van der Waals surface area (Å²) in [4.78, 5) is 0. The average Bonchev–Trinajstić information content (AvgIpc) is 1.84. The molecule has 0 aromatic rings. The predicted molar refractivity (Wildman–Crippen MR) is 47.5 cm³/mol. The number of hydrogen-bond acceptors (Lipinski definition) is 0. The monoisotopic (exact) mass is 160 g/mol. The Bertz CT molecular complexity index is 116. The summed E-state index contributed by atoms with van der Waals surface area (Å²) in [6.45, 7) is 8.03. The largest absolute Gasteiger partial charge is 0.130 e. The number of allylic oxidation sites excluding steroid dienone is 2. The summed E-state index contributed by atoms with van der Waals surface area (Å²) in [5.74, 6) is 0. The fourth-order valence-corrected chi connectivity index (χ4v) is 1.39. The molecule has 0 saturated carbocycles. The maximum absolute atomic E-state index is 5.71. The van der Waals surface area contributed by atoms with E-state index in [4.69, 9.17) is 11.6 Å². The molecule has 0 aromatic heterocycles. The Balaban J connectivity index is 3.84. The van der Waals surface area contributed by atoms with E-state index in [0.29, 0.717) is 0 Å². The van der Waals surface area contributed by atoms with Crippen molar-refractivity contribution in [1.82, 2.24) is 0 Å². The lowest BCUT2D eigenvalue weighted by Gasteiger charge is -2.11. The van der Waals surface area contributed by atoms with E-state index >= 15 is 0 Å². The van der Waals surface area contributed by atoms with Crippen LogP contribution >= 0.6 is 11.6 Å². The molecule has 0 aromatic carbocycles. The predicted octanol–water partition coefficient (Wildman–Crippen LogP) is 2.75. The first-order valence-corrected chi connectivity index (χ1v) is 6.80. The van der Waals surface area contributed by atoms with Gasteiger partial charge >= 0.3 is 0 Å². The van der Waals surface area contributed by atoms with Crippen LogP contribution in [0.4, 0.5) is 0 Å². The van der Waals surface area contributed by atoms with Gasteiger partial charge in [0.15, 0.2) is 0 Å². The van der Waals surface area contributed by atoms with Gasteiger partial charge in [0.25, 0.3) is 0 Å². The SMILES string of the molecule is C=C/C=C/[Si](C)(C)CCl. The Morgan fingerprint density at radius 2 is 2.11 bits per heavy atom. The van der Waals surface area contributed by atoms with Crippen LogP contribution < -0.4 is 0 Å². The quantitative estimate of drug-likeness (QED) is 0.339. The van der Waals surface area contributed by atoms with Gasteiger partial charge in [0.2, 0.25) is 0 Å². The molecule has 0 heterocycles. The third-order valence-corrected chi connectivity index (χ3v) is 4.88. The van der Waals surface area contributed by atoms with Crippen LogP contribution in [-0.4, -0.2) is 13.6 Å². The molecule has 0 N–H and O–H groups in total. The van der Waals surface area contributed by atoms with E-state index < -0.39 is 8.07 Å². The van der Waals surface area contributed by atoms with E-state index in [2.05, 4.69) is 25.4 Å². The van der Waals surface area contributed by atoms with Gasteiger partial charge in [0, 0.05) is 5.50 Å². The smallest absolute Gasteiger partial charge is 0.0871 e. The Morgan fingerprint density at radius 1 is 1.56 bits per heavy atom. The van der Waals surface area contributed by atoms with Gasteiger partial charge in [-0.15, -0.1) is 11.6 Å². The topological polar surface area (TPSA) is 0 Å². The molecule has 0 amide bonds. The van der Waals surface area contributed by atoms with Gasteiger partial charge in [0.05, 0.1) is 8.07 Å². The van der Waals surface area contributed by atoms with Crippen LogP contribution in [0.15, 0.2) is 24.4 Å². The molecule has 52 valence electrons. The maximum Gasteiger partial charge on any atom is 0.0871 e. The van der Waals surface area contributed by atoms with Gasteiger partial charge < -0.3 is 0 Å². The molecule has 0 radical (unpaired) electrons. The first-order chi connectivity index (χ1) is 4.12.